The first kappa shape index (κ1) is 20.3. The van der Waals surface area contributed by atoms with E-state index in [1.807, 2.05) is 12.1 Å². The van der Waals surface area contributed by atoms with Gasteiger partial charge in [0, 0.05) is 44.0 Å². The van der Waals surface area contributed by atoms with Crippen molar-refractivity contribution in [3.8, 4) is 0 Å². The molecule has 1 heterocycles. The summed E-state index contributed by atoms with van der Waals surface area (Å²) in [6.07, 6.45) is 8.61. The predicted molar refractivity (Wildman–Crippen MR) is 126 cm³/mol. The maximum absolute atomic E-state index is 12.8. The van der Waals surface area contributed by atoms with Crippen molar-refractivity contribution in [1.82, 2.24) is 10.2 Å². The first-order valence-electron chi connectivity index (χ1n) is 11.6. The molecule has 162 valence electrons. The van der Waals surface area contributed by atoms with Crippen molar-refractivity contribution in [2.75, 3.05) is 43.4 Å². The van der Waals surface area contributed by atoms with Crippen LogP contribution in [0.2, 0.25) is 0 Å². The number of anilines is 2. The van der Waals surface area contributed by atoms with E-state index in [1.54, 1.807) is 0 Å². The van der Waals surface area contributed by atoms with Gasteiger partial charge < -0.3 is 20.4 Å². The summed E-state index contributed by atoms with van der Waals surface area (Å²) >= 11 is 5.43. The van der Waals surface area contributed by atoms with E-state index in [2.05, 4.69) is 39.6 Å². The lowest BCUT2D eigenvalue weighted by molar-refractivity contribution is -0.127. The van der Waals surface area contributed by atoms with Gasteiger partial charge in [-0.1, -0.05) is 0 Å². The Morgan fingerprint density at radius 3 is 2.13 bits per heavy atom. The molecule has 1 saturated heterocycles. The Balaban J connectivity index is 1.12. The van der Waals surface area contributed by atoms with Crippen LogP contribution in [0.25, 0.3) is 0 Å². The molecule has 4 aliphatic carbocycles. The highest BCUT2D eigenvalue weighted by Gasteiger charge is 2.51. The van der Waals surface area contributed by atoms with E-state index in [0.29, 0.717) is 11.5 Å². The molecular weight excluding hydrogens is 392 g/mol. The fourth-order valence-corrected chi connectivity index (χ4v) is 7.23. The summed E-state index contributed by atoms with van der Waals surface area (Å²) in [5, 5.41) is 6.56. The van der Waals surface area contributed by atoms with Crippen LogP contribution in [-0.2, 0) is 4.79 Å². The van der Waals surface area contributed by atoms with E-state index >= 15 is 0 Å². The number of nitrogens with zero attached hydrogens (tertiary/aromatic N) is 2. The zero-order chi connectivity index (χ0) is 20.7. The molecule has 0 atom stereocenters. The van der Waals surface area contributed by atoms with Gasteiger partial charge in [0.2, 0.25) is 5.91 Å². The molecule has 2 N–H and O–H groups in total. The van der Waals surface area contributed by atoms with Gasteiger partial charge in [-0.25, -0.2) is 0 Å². The van der Waals surface area contributed by atoms with Crippen LogP contribution in [0.15, 0.2) is 24.3 Å². The maximum atomic E-state index is 12.8. The third-order valence-electron chi connectivity index (χ3n) is 7.95. The first-order chi connectivity index (χ1) is 14.5. The molecule has 1 aliphatic heterocycles. The Bertz CT molecular complexity index is 765. The number of rotatable bonds is 4. The Morgan fingerprint density at radius 2 is 1.57 bits per heavy atom. The lowest BCUT2D eigenvalue weighted by atomic mass is 9.49. The van der Waals surface area contributed by atoms with E-state index < -0.39 is 0 Å². The van der Waals surface area contributed by atoms with Gasteiger partial charge in [-0.15, -0.1) is 0 Å². The molecule has 6 rings (SSSR count). The summed E-state index contributed by atoms with van der Waals surface area (Å²) in [4.78, 5) is 17.5. The smallest absolute Gasteiger partial charge is 0.226 e. The van der Waals surface area contributed by atoms with Crippen molar-refractivity contribution in [2.45, 2.75) is 44.9 Å². The largest absolute Gasteiger partial charge is 0.369 e. The average molecular weight is 427 g/mol. The Morgan fingerprint density at radius 1 is 1.00 bits per heavy atom. The van der Waals surface area contributed by atoms with Crippen LogP contribution in [0, 0.1) is 23.2 Å². The number of hydrogen-bond donors (Lipinski definition) is 2. The van der Waals surface area contributed by atoms with Crippen LogP contribution in [0.1, 0.15) is 44.9 Å². The molecule has 30 heavy (non-hydrogen) atoms. The van der Waals surface area contributed by atoms with Gasteiger partial charge in [-0.05, 0) is 105 Å². The molecule has 1 aromatic carbocycles. The standard InChI is InChI=1S/C24H34N4OS/c1-27-6-8-28(9-7-27)21-4-2-20(3-5-21)25-23(30)26-22(29)16-24-13-17-10-18(14-24)12-19(11-17)15-24/h2-5,17-19H,6-16H2,1H3,(H2,25,26,29,30). The lowest BCUT2D eigenvalue weighted by Gasteiger charge is -2.56. The Labute approximate surface area is 185 Å². The fraction of sp³-hybridized carbons (Fsp3) is 0.667. The molecule has 6 heteroatoms. The van der Waals surface area contributed by atoms with Gasteiger partial charge in [-0.2, -0.15) is 0 Å². The first-order valence-corrected chi connectivity index (χ1v) is 12.0. The molecule has 5 fully saturated rings. The van der Waals surface area contributed by atoms with E-state index in [0.717, 1.165) is 49.6 Å². The highest BCUT2D eigenvalue weighted by molar-refractivity contribution is 7.80. The predicted octanol–water partition coefficient (Wildman–Crippen LogP) is 3.86. The van der Waals surface area contributed by atoms with Crippen molar-refractivity contribution in [2.24, 2.45) is 23.2 Å². The molecule has 0 spiro atoms. The highest BCUT2D eigenvalue weighted by atomic mass is 32.1. The maximum Gasteiger partial charge on any atom is 0.226 e. The number of carbonyl (C=O) groups excluding carboxylic acids is 1. The summed E-state index contributed by atoms with van der Waals surface area (Å²) < 4.78 is 0. The molecule has 5 aliphatic rings. The number of carbonyl (C=O) groups is 1. The number of hydrogen-bond acceptors (Lipinski definition) is 4. The monoisotopic (exact) mass is 426 g/mol. The Hall–Kier alpha value is -1.66. The minimum absolute atomic E-state index is 0.0866. The van der Waals surface area contributed by atoms with Crippen LogP contribution in [0.5, 0.6) is 0 Å². The second kappa shape index (κ2) is 8.12. The molecule has 5 nitrogen and oxygen atoms in total. The molecule has 0 unspecified atom stereocenters. The lowest BCUT2D eigenvalue weighted by Crippen LogP contribution is -2.48. The van der Waals surface area contributed by atoms with Gasteiger partial charge in [0.05, 0.1) is 0 Å². The van der Waals surface area contributed by atoms with Gasteiger partial charge in [-0.3, -0.25) is 4.79 Å². The van der Waals surface area contributed by atoms with E-state index in [1.165, 1.54) is 44.2 Å². The minimum atomic E-state index is 0.0866. The summed E-state index contributed by atoms with van der Waals surface area (Å²) in [6, 6.07) is 8.36. The normalized spacial score (nSPS) is 32.8. The second-order valence-corrected chi connectivity index (χ2v) is 10.8. The number of thiocarbonyl (C=S) groups is 1. The summed E-state index contributed by atoms with van der Waals surface area (Å²) in [5.41, 5.74) is 2.41. The third-order valence-corrected chi connectivity index (χ3v) is 8.15. The SMILES string of the molecule is CN1CCN(c2ccc(NC(=S)NC(=O)CC34CC5CC(CC(C5)C3)C4)cc2)CC1. The number of likely N-dealkylation sites (N-methyl/N-ethyl adjacent to an activating group) is 1. The molecule has 4 bridgehead atoms. The van der Waals surface area contributed by atoms with Crippen molar-refractivity contribution in [3.63, 3.8) is 0 Å². The molecule has 1 aromatic rings. The van der Waals surface area contributed by atoms with Gasteiger partial charge >= 0.3 is 0 Å². The molecule has 0 aromatic heterocycles. The summed E-state index contributed by atoms with van der Waals surface area (Å²) in [5.74, 6) is 2.69. The molecular formula is C24H34N4OS. The quantitative estimate of drug-likeness (QED) is 0.716. The zero-order valence-corrected chi connectivity index (χ0v) is 18.8. The average Bonchev–Trinajstić information content (AvgIpc) is 2.67. The number of piperazine rings is 1. The van der Waals surface area contributed by atoms with E-state index in [9.17, 15) is 4.79 Å². The van der Waals surface area contributed by atoms with Crippen molar-refractivity contribution in [1.29, 1.82) is 0 Å². The molecule has 0 radical (unpaired) electrons. The van der Waals surface area contributed by atoms with Crippen LogP contribution >= 0.6 is 12.2 Å². The highest BCUT2D eigenvalue weighted by Crippen LogP contribution is 2.61. The van der Waals surface area contributed by atoms with Crippen LogP contribution in [0.4, 0.5) is 11.4 Å². The van der Waals surface area contributed by atoms with E-state index in [4.69, 9.17) is 12.2 Å². The molecule has 1 amide bonds. The zero-order valence-electron chi connectivity index (χ0n) is 18.0. The summed E-state index contributed by atoms with van der Waals surface area (Å²) in [6.45, 7) is 4.31. The topological polar surface area (TPSA) is 47.6 Å². The third kappa shape index (κ3) is 4.35. The number of nitrogens with one attached hydrogen (secondary N) is 2. The minimum Gasteiger partial charge on any atom is -0.369 e. The summed E-state index contributed by atoms with van der Waals surface area (Å²) in [7, 11) is 2.17. The van der Waals surface area contributed by atoms with Crippen LogP contribution in [0.3, 0.4) is 0 Å². The van der Waals surface area contributed by atoms with Crippen LogP contribution in [-0.4, -0.2) is 49.1 Å². The van der Waals surface area contributed by atoms with E-state index in [-0.39, 0.29) is 11.3 Å². The Kier molecular flexibility index (Phi) is 5.48. The van der Waals surface area contributed by atoms with Gasteiger partial charge in [0.25, 0.3) is 0 Å². The van der Waals surface area contributed by atoms with Gasteiger partial charge in [0.15, 0.2) is 5.11 Å². The van der Waals surface area contributed by atoms with Crippen molar-refractivity contribution in [3.05, 3.63) is 24.3 Å². The second-order valence-electron chi connectivity index (χ2n) is 10.4. The number of benzene rings is 1. The van der Waals surface area contributed by atoms with Crippen LogP contribution < -0.4 is 15.5 Å². The number of amides is 1. The van der Waals surface area contributed by atoms with Crippen molar-refractivity contribution < 1.29 is 4.79 Å². The van der Waals surface area contributed by atoms with Gasteiger partial charge in [0.1, 0.15) is 0 Å². The molecule has 4 saturated carbocycles. The fourth-order valence-electron chi connectivity index (χ4n) is 7.00. The van der Waals surface area contributed by atoms with Crippen molar-refractivity contribution >= 4 is 34.6 Å².